The number of nitrogens with one attached hydrogen (secondary N) is 1. The van der Waals surface area contributed by atoms with Crippen LogP contribution in [0.4, 0.5) is 0 Å². The van der Waals surface area contributed by atoms with Crippen LogP contribution in [0.3, 0.4) is 0 Å². The Morgan fingerprint density at radius 2 is 1.90 bits per heavy atom. The quantitative estimate of drug-likeness (QED) is 0.586. The van der Waals surface area contributed by atoms with Gasteiger partial charge >= 0.3 is 5.97 Å². The van der Waals surface area contributed by atoms with Crippen LogP contribution in [0.1, 0.15) is 20.8 Å². The van der Waals surface area contributed by atoms with Gasteiger partial charge in [0.25, 0.3) is 0 Å². The molecule has 0 aliphatic carbocycles. The fraction of sp³-hybridized carbons (Fsp3) is 0.714. The number of hydrogen-bond donors (Lipinski definition) is 2. The third-order valence-electron chi connectivity index (χ3n) is 1.40. The molecule has 3 nitrogen and oxygen atoms in total. The average Bonchev–Trinajstić information content (AvgIpc) is 1.59. The zero-order chi connectivity index (χ0) is 8.31. The van der Waals surface area contributed by atoms with Crippen molar-refractivity contribution in [3.63, 3.8) is 0 Å². The maximum Gasteiger partial charge on any atom is 0.312 e. The summed E-state index contributed by atoms with van der Waals surface area (Å²) in [6.07, 6.45) is 0. The van der Waals surface area contributed by atoms with Crippen molar-refractivity contribution in [1.82, 2.24) is 0 Å². The van der Waals surface area contributed by atoms with E-state index in [2.05, 4.69) is 0 Å². The normalized spacial score (nSPS) is 13.2. The Morgan fingerprint density at radius 3 is 1.90 bits per heavy atom. The molecule has 1 unspecified atom stereocenters. The van der Waals surface area contributed by atoms with E-state index < -0.39 is 11.9 Å². The fourth-order valence-corrected chi connectivity index (χ4v) is 0.970. The van der Waals surface area contributed by atoms with Crippen molar-refractivity contribution in [2.45, 2.75) is 20.8 Å². The molecule has 0 aromatic rings. The van der Waals surface area contributed by atoms with E-state index in [-0.39, 0.29) is 11.6 Å². The molecule has 0 radical (unpaired) electrons. The van der Waals surface area contributed by atoms with E-state index in [1.165, 1.54) is 6.92 Å². The Hall–Kier alpha value is -0.860. The SMILES string of the molecule is CC(=N)C(C(=O)O)C(C)C. The molecular weight excluding hydrogens is 130 g/mol. The standard InChI is InChI=1S/C7H13NO2/c1-4(2)6(5(3)8)7(9)10/h4,6,8H,1-3H3,(H,9,10). The molecule has 0 spiro atoms. The van der Waals surface area contributed by atoms with Crippen LogP contribution < -0.4 is 0 Å². The topological polar surface area (TPSA) is 61.2 Å². The Kier molecular flexibility index (Phi) is 3.06. The molecule has 0 bridgehead atoms. The molecule has 0 aromatic heterocycles. The minimum Gasteiger partial charge on any atom is -0.481 e. The minimum absolute atomic E-state index is 0.00926. The smallest absolute Gasteiger partial charge is 0.312 e. The molecule has 58 valence electrons. The third kappa shape index (κ3) is 2.17. The van der Waals surface area contributed by atoms with Gasteiger partial charge in [-0.05, 0) is 12.8 Å². The first-order valence-corrected chi connectivity index (χ1v) is 3.24. The van der Waals surface area contributed by atoms with Crippen LogP contribution in [0.15, 0.2) is 0 Å². The van der Waals surface area contributed by atoms with Gasteiger partial charge in [0.1, 0.15) is 0 Å². The van der Waals surface area contributed by atoms with Gasteiger partial charge in [-0.25, -0.2) is 0 Å². The summed E-state index contributed by atoms with van der Waals surface area (Å²) in [4.78, 5) is 10.4. The van der Waals surface area contributed by atoms with Gasteiger partial charge in [-0.3, -0.25) is 4.79 Å². The highest BCUT2D eigenvalue weighted by Gasteiger charge is 2.22. The van der Waals surface area contributed by atoms with Gasteiger partial charge in [0.15, 0.2) is 0 Å². The second-order valence-corrected chi connectivity index (χ2v) is 2.74. The predicted octanol–water partition coefficient (Wildman–Crippen LogP) is 1.38. The third-order valence-corrected chi connectivity index (χ3v) is 1.40. The second kappa shape index (κ2) is 3.34. The summed E-state index contributed by atoms with van der Waals surface area (Å²) in [7, 11) is 0. The van der Waals surface area contributed by atoms with Gasteiger partial charge in [-0.15, -0.1) is 0 Å². The van der Waals surface area contributed by atoms with Crippen molar-refractivity contribution in [1.29, 1.82) is 5.41 Å². The summed E-state index contributed by atoms with van der Waals surface area (Å²) in [5.41, 5.74) is 0.225. The number of carboxylic acid groups (broad SMARTS) is 1. The zero-order valence-corrected chi connectivity index (χ0v) is 6.51. The Balaban J connectivity index is 4.27. The van der Waals surface area contributed by atoms with Crippen LogP contribution in [0.5, 0.6) is 0 Å². The second-order valence-electron chi connectivity index (χ2n) is 2.74. The highest BCUT2D eigenvalue weighted by atomic mass is 16.4. The Labute approximate surface area is 60.6 Å². The van der Waals surface area contributed by atoms with Crippen molar-refractivity contribution in [3.05, 3.63) is 0 Å². The summed E-state index contributed by atoms with van der Waals surface area (Å²) in [6, 6.07) is 0. The zero-order valence-electron chi connectivity index (χ0n) is 6.51. The van der Waals surface area contributed by atoms with Crippen LogP contribution >= 0.6 is 0 Å². The van der Waals surface area contributed by atoms with Gasteiger partial charge in [0, 0.05) is 5.71 Å². The minimum atomic E-state index is -0.900. The first kappa shape index (κ1) is 9.14. The van der Waals surface area contributed by atoms with E-state index in [4.69, 9.17) is 10.5 Å². The summed E-state index contributed by atoms with van der Waals surface area (Å²) in [6.45, 7) is 5.13. The van der Waals surface area contributed by atoms with E-state index in [0.717, 1.165) is 0 Å². The lowest BCUT2D eigenvalue weighted by atomic mass is 9.92. The van der Waals surface area contributed by atoms with Crippen LogP contribution in [0.2, 0.25) is 0 Å². The monoisotopic (exact) mass is 143 g/mol. The molecule has 1 atom stereocenters. The molecular formula is C7H13NO2. The fourth-order valence-electron chi connectivity index (χ4n) is 0.970. The van der Waals surface area contributed by atoms with E-state index in [1.807, 2.05) is 0 Å². The van der Waals surface area contributed by atoms with Crippen LogP contribution in [0.25, 0.3) is 0 Å². The molecule has 3 heteroatoms. The molecule has 0 heterocycles. The summed E-state index contributed by atoms with van der Waals surface area (Å²) in [5.74, 6) is -1.50. The van der Waals surface area contributed by atoms with E-state index in [9.17, 15) is 4.79 Å². The average molecular weight is 143 g/mol. The Bertz CT molecular complexity index is 138. The summed E-state index contributed by atoms with van der Waals surface area (Å²) < 4.78 is 0. The van der Waals surface area contributed by atoms with Crippen molar-refractivity contribution in [2.75, 3.05) is 0 Å². The van der Waals surface area contributed by atoms with Crippen molar-refractivity contribution < 1.29 is 9.90 Å². The maximum atomic E-state index is 10.4. The molecule has 0 saturated carbocycles. The lowest BCUT2D eigenvalue weighted by Gasteiger charge is -2.13. The summed E-state index contributed by atoms with van der Waals surface area (Å²) >= 11 is 0. The van der Waals surface area contributed by atoms with E-state index in [0.29, 0.717) is 0 Å². The van der Waals surface area contributed by atoms with E-state index in [1.54, 1.807) is 13.8 Å². The van der Waals surface area contributed by atoms with Crippen LogP contribution in [-0.4, -0.2) is 16.8 Å². The van der Waals surface area contributed by atoms with Crippen LogP contribution in [-0.2, 0) is 4.79 Å². The van der Waals surface area contributed by atoms with Crippen LogP contribution in [0, 0.1) is 17.2 Å². The molecule has 0 fully saturated rings. The maximum absolute atomic E-state index is 10.4. The number of carboxylic acids is 1. The molecule has 0 amide bonds. The molecule has 0 rings (SSSR count). The molecule has 0 aliphatic heterocycles. The van der Waals surface area contributed by atoms with Gasteiger partial charge in [0.05, 0.1) is 5.92 Å². The lowest BCUT2D eigenvalue weighted by Crippen LogP contribution is -2.26. The number of carbonyl (C=O) groups is 1. The van der Waals surface area contributed by atoms with Gasteiger partial charge in [0.2, 0.25) is 0 Å². The van der Waals surface area contributed by atoms with Gasteiger partial charge < -0.3 is 10.5 Å². The highest BCUT2D eigenvalue weighted by Crippen LogP contribution is 2.11. The summed E-state index contributed by atoms with van der Waals surface area (Å²) in [5, 5.41) is 15.7. The number of aliphatic carboxylic acids is 1. The molecule has 10 heavy (non-hydrogen) atoms. The first-order valence-electron chi connectivity index (χ1n) is 3.24. The predicted molar refractivity (Wildman–Crippen MR) is 39.4 cm³/mol. The Morgan fingerprint density at radius 1 is 1.50 bits per heavy atom. The number of hydrogen-bond acceptors (Lipinski definition) is 2. The molecule has 0 aliphatic rings. The lowest BCUT2D eigenvalue weighted by molar-refractivity contribution is -0.140. The van der Waals surface area contributed by atoms with Gasteiger partial charge in [-0.1, -0.05) is 13.8 Å². The van der Waals surface area contributed by atoms with Crippen molar-refractivity contribution in [3.8, 4) is 0 Å². The largest absolute Gasteiger partial charge is 0.481 e. The highest BCUT2D eigenvalue weighted by molar-refractivity contribution is 5.98. The molecule has 0 saturated heterocycles. The van der Waals surface area contributed by atoms with Crippen molar-refractivity contribution >= 4 is 11.7 Å². The van der Waals surface area contributed by atoms with E-state index >= 15 is 0 Å². The molecule has 0 aromatic carbocycles. The first-order chi connectivity index (χ1) is 4.46. The van der Waals surface area contributed by atoms with Crippen molar-refractivity contribution in [2.24, 2.45) is 11.8 Å². The van der Waals surface area contributed by atoms with Gasteiger partial charge in [-0.2, -0.15) is 0 Å². The molecule has 2 N–H and O–H groups in total. The number of rotatable bonds is 3.